The molecule has 0 saturated heterocycles. The Morgan fingerprint density at radius 2 is 2.23 bits per heavy atom. The molecule has 1 saturated carbocycles. The number of hydrogen-bond donors (Lipinski definition) is 2. The number of nitrogens with zero attached hydrogens (tertiary/aromatic N) is 1. The summed E-state index contributed by atoms with van der Waals surface area (Å²) >= 11 is 0. The first kappa shape index (κ1) is 17.1. The van der Waals surface area contributed by atoms with Crippen LogP contribution >= 0.6 is 12.4 Å². The van der Waals surface area contributed by atoms with Gasteiger partial charge in [-0.3, -0.25) is 5.10 Å². The Labute approximate surface area is 138 Å². The van der Waals surface area contributed by atoms with Crippen molar-refractivity contribution in [2.45, 2.75) is 58.1 Å². The zero-order valence-corrected chi connectivity index (χ0v) is 14.2. The van der Waals surface area contributed by atoms with Crippen molar-refractivity contribution in [1.82, 2.24) is 15.5 Å². The predicted molar refractivity (Wildman–Crippen MR) is 93.0 cm³/mol. The summed E-state index contributed by atoms with van der Waals surface area (Å²) in [6.45, 7) is 5.44. The molecule has 1 fully saturated rings. The van der Waals surface area contributed by atoms with E-state index in [-0.39, 0.29) is 12.4 Å². The van der Waals surface area contributed by atoms with Gasteiger partial charge < -0.3 is 10.1 Å². The van der Waals surface area contributed by atoms with Crippen LogP contribution in [-0.4, -0.2) is 28.9 Å². The lowest BCUT2D eigenvalue weighted by Crippen LogP contribution is -2.38. The first-order chi connectivity index (χ1) is 10.3. The normalized spacial score (nSPS) is 21.5. The number of aromatic nitrogens is 2. The molecule has 0 aliphatic heterocycles. The molecule has 2 N–H and O–H groups in total. The molecule has 4 nitrogen and oxygen atoms in total. The second-order valence-corrected chi connectivity index (χ2v) is 6.08. The van der Waals surface area contributed by atoms with Crippen molar-refractivity contribution in [2.75, 3.05) is 6.54 Å². The molecular formula is C17H26ClN3O. The molecule has 1 heterocycles. The van der Waals surface area contributed by atoms with E-state index < -0.39 is 0 Å². The molecular weight excluding hydrogens is 298 g/mol. The topological polar surface area (TPSA) is 49.9 Å². The van der Waals surface area contributed by atoms with Gasteiger partial charge in [0.25, 0.3) is 0 Å². The van der Waals surface area contributed by atoms with E-state index in [2.05, 4.69) is 41.5 Å². The van der Waals surface area contributed by atoms with Gasteiger partial charge in [-0.25, -0.2) is 0 Å². The highest BCUT2D eigenvalue weighted by Gasteiger charge is 2.23. The van der Waals surface area contributed by atoms with E-state index in [4.69, 9.17) is 4.74 Å². The smallest absolute Gasteiger partial charge is 0.123 e. The molecule has 122 valence electrons. The van der Waals surface area contributed by atoms with Crippen molar-refractivity contribution in [3.05, 3.63) is 23.9 Å². The van der Waals surface area contributed by atoms with Crippen molar-refractivity contribution < 1.29 is 4.74 Å². The summed E-state index contributed by atoms with van der Waals surface area (Å²) in [5, 5.41) is 11.9. The second kappa shape index (κ2) is 7.84. The Bertz CT molecular complexity index is 599. The van der Waals surface area contributed by atoms with Gasteiger partial charge in [0.15, 0.2) is 0 Å². The molecule has 2 atom stereocenters. The highest BCUT2D eigenvalue weighted by molar-refractivity contribution is 5.85. The number of aromatic amines is 1. The Morgan fingerprint density at radius 3 is 3.05 bits per heavy atom. The third kappa shape index (κ3) is 3.73. The predicted octanol–water partition coefficient (Wildman–Crippen LogP) is 3.98. The minimum absolute atomic E-state index is 0. The monoisotopic (exact) mass is 323 g/mol. The number of aryl methyl sites for hydroxylation is 1. The highest BCUT2D eigenvalue weighted by Crippen LogP contribution is 2.29. The second-order valence-electron chi connectivity index (χ2n) is 6.08. The van der Waals surface area contributed by atoms with E-state index in [9.17, 15) is 0 Å². The molecule has 1 aliphatic carbocycles. The van der Waals surface area contributed by atoms with Crippen LogP contribution in [0.2, 0.25) is 0 Å². The van der Waals surface area contributed by atoms with Crippen molar-refractivity contribution in [3.63, 3.8) is 0 Å². The van der Waals surface area contributed by atoms with Gasteiger partial charge in [-0.15, -0.1) is 12.4 Å². The quantitative estimate of drug-likeness (QED) is 0.875. The van der Waals surface area contributed by atoms with Gasteiger partial charge in [0.1, 0.15) is 11.9 Å². The molecule has 0 unspecified atom stereocenters. The average molecular weight is 324 g/mol. The number of benzene rings is 1. The van der Waals surface area contributed by atoms with E-state index >= 15 is 0 Å². The molecule has 3 rings (SSSR count). The third-order valence-electron chi connectivity index (χ3n) is 4.45. The van der Waals surface area contributed by atoms with Crippen LogP contribution in [0, 0.1) is 6.92 Å². The summed E-state index contributed by atoms with van der Waals surface area (Å²) in [5.74, 6) is 1.00. The number of nitrogens with one attached hydrogen (secondary N) is 2. The first-order valence-corrected chi connectivity index (χ1v) is 8.10. The van der Waals surface area contributed by atoms with E-state index in [1.165, 1.54) is 24.8 Å². The minimum Gasteiger partial charge on any atom is -0.490 e. The molecule has 1 aliphatic rings. The van der Waals surface area contributed by atoms with Gasteiger partial charge in [-0.2, -0.15) is 5.10 Å². The van der Waals surface area contributed by atoms with Crippen LogP contribution in [0.1, 0.15) is 44.6 Å². The van der Waals surface area contributed by atoms with E-state index in [1.807, 2.05) is 6.20 Å². The lowest BCUT2D eigenvalue weighted by atomic mass is 9.92. The fraction of sp³-hybridized carbons (Fsp3) is 0.588. The van der Waals surface area contributed by atoms with Crippen LogP contribution in [-0.2, 0) is 0 Å². The van der Waals surface area contributed by atoms with Crippen molar-refractivity contribution >= 4 is 23.3 Å². The maximum atomic E-state index is 6.29. The van der Waals surface area contributed by atoms with Crippen LogP contribution in [0.4, 0.5) is 0 Å². The summed E-state index contributed by atoms with van der Waals surface area (Å²) in [5.41, 5.74) is 2.26. The Kier molecular flexibility index (Phi) is 6.09. The van der Waals surface area contributed by atoms with Crippen LogP contribution < -0.4 is 10.1 Å². The van der Waals surface area contributed by atoms with E-state index in [0.717, 1.165) is 36.0 Å². The van der Waals surface area contributed by atoms with Crippen LogP contribution in [0.5, 0.6) is 5.75 Å². The van der Waals surface area contributed by atoms with Crippen LogP contribution in [0.25, 0.3) is 10.9 Å². The standard InChI is InChI=1S/C17H25N3O.ClH/c1-3-9-18-13-5-4-6-14(10-13)21-17-8-7-16-15(12(17)2)11-19-20-16;/h7-8,11,13-14,18H,3-6,9-10H2,1-2H3,(H,19,20);1H/t13-,14-;/m0./s1. The van der Waals surface area contributed by atoms with Crippen molar-refractivity contribution in [1.29, 1.82) is 0 Å². The van der Waals surface area contributed by atoms with Gasteiger partial charge in [-0.05, 0) is 57.7 Å². The number of H-pyrrole nitrogens is 1. The molecule has 0 radical (unpaired) electrons. The largest absolute Gasteiger partial charge is 0.490 e. The molecule has 2 aromatic rings. The summed E-state index contributed by atoms with van der Waals surface area (Å²) in [4.78, 5) is 0. The summed E-state index contributed by atoms with van der Waals surface area (Å²) < 4.78 is 6.29. The Hall–Kier alpha value is -1.26. The lowest BCUT2D eigenvalue weighted by molar-refractivity contribution is 0.134. The zero-order chi connectivity index (χ0) is 14.7. The van der Waals surface area contributed by atoms with Crippen molar-refractivity contribution in [3.8, 4) is 5.75 Å². The maximum Gasteiger partial charge on any atom is 0.123 e. The molecule has 0 spiro atoms. The summed E-state index contributed by atoms with van der Waals surface area (Å²) in [6, 6.07) is 4.74. The third-order valence-corrected chi connectivity index (χ3v) is 4.45. The molecule has 0 amide bonds. The zero-order valence-electron chi connectivity index (χ0n) is 13.4. The molecule has 1 aromatic heterocycles. The van der Waals surface area contributed by atoms with Gasteiger partial charge in [0.2, 0.25) is 0 Å². The number of hydrogen-bond acceptors (Lipinski definition) is 3. The number of halogens is 1. The van der Waals surface area contributed by atoms with Crippen molar-refractivity contribution in [2.24, 2.45) is 0 Å². The fourth-order valence-electron chi connectivity index (χ4n) is 3.23. The molecule has 22 heavy (non-hydrogen) atoms. The fourth-order valence-corrected chi connectivity index (χ4v) is 3.23. The molecule has 0 bridgehead atoms. The van der Waals surface area contributed by atoms with E-state index in [0.29, 0.717) is 12.1 Å². The number of fused-ring (bicyclic) bond motifs is 1. The molecule has 5 heteroatoms. The average Bonchev–Trinajstić information content (AvgIpc) is 2.98. The van der Waals surface area contributed by atoms with Gasteiger partial charge in [0, 0.05) is 17.0 Å². The molecule has 1 aromatic carbocycles. The minimum atomic E-state index is 0. The maximum absolute atomic E-state index is 6.29. The first-order valence-electron chi connectivity index (χ1n) is 8.10. The highest BCUT2D eigenvalue weighted by atomic mass is 35.5. The SMILES string of the molecule is CCCN[C@H]1CCC[C@H](Oc2ccc3[nH]ncc3c2C)C1.Cl. The van der Waals surface area contributed by atoms with Gasteiger partial charge in [0.05, 0.1) is 11.7 Å². The number of rotatable bonds is 5. The lowest BCUT2D eigenvalue weighted by Gasteiger charge is -2.30. The van der Waals surface area contributed by atoms with Crippen LogP contribution in [0.15, 0.2) is 18.3 Å². The van der Waals surface area contributed by atoms with Gasteiger partial charge >= 0.3 is 0 Å². The van der Waals surface area contributed by atoms with Gasteiger partial charge in [-0.1, -0.05) is 6.92 Å². The van der Waals surface area contributed by atoms with E-state index in [1.54, 1.807) is 0 Å². The number of ether oxygens (including phenoxy) is 1. The summed E-state index contributed by atoms with van der Waals surface area (Å²) in [7, 11) is 0. The van der Waals surface area contributed by atoms with Crippen LogP contribution in [0.3, 0.4) is 0 Å². The summed E-state index contributed by atoms with van der Waals surface area (Å²) in [6.07, 6.45) is 8.20. The Balaban J connectivity index is 0.00000176. The Morgan fingerprint density at radius 1 is 1.36 bits per heavy atom.